The van der Waals surface area contributed by atoms with E-state index in [2.05, 4.69) is 9.50 Å². The maximum atomic E-state index is 12.0. The van der Waals surface area contributed by atoms with Gasteiger partial charge >= 0.3 is 15.6 Å². The van der Waals surface area contributed by atoms with Crippen molar-refractivity contribution in [2.75, 3.05) is 13.1 Å². The molecule has 2 atom stereocenters. The van der Waals surface area contributed by atoms with Gasteiger partial charge in [-0.05, 0) is 24.5 Å². The van der Waals surface area contributed by atoms with Gasteiger partial charge in [-0.1, -0.05) is 0 Å². The standard InChI is InChI=1S/C8H10F3NO3S/c9-8(10,11)16(13,14)15-7-1-5-3-12-4-6(5)2-7/h1,5-6,12H,2-4H2. The molecule has 1 N–H and O–H groups in total. The van der Waals surface area contributed by atoms with Crippen LogP contribution in [-0.4, -0.2) is 27.0 Å². The maximum Gasteiger partial charge on any atom is 0.534 e. The van der Waals surface area contributed by atoms with Crippen molar-refractivity contribution in [1.29, 1.82) is 0 Å². The fourth-order valence-corrected chi connectivity index (χ4v) is 2.49. The normalized spacial score (nSPS) is 30.1. The Labute approximate surface area is 90.6 Å². The van der Waals surface area contributed by atoms with Gasteiger partial charge in [0.05, 0.1) is 0 Å². The third kappa shape index (κ3) is 2.03. The maximum absolute atomic E-state index is 12.0. The van der Waals surface area contributed by atoms with E-state index in [1.165, 1.54) is 6.08 Å². The fraction of sp³-hybridized carbons (Fsp3) is 0.750. The molecule has 0 aromatic heterocycles. The second-order valence-electron chi connectivity index (χ2n) is 3.90. The summed E-state index contributed by atoms with van der Waals surface area (Å²) in [6.45, 7) is 1.34. The van der Waals surface area contributed by atoms with Crippen molar-refractivity contribution >= 4 is 10.1 Å². The minimum Gasteiger partial charge on any atom is -0.381 e. The summed E-state index contributed by atoms with van der Waals surface area (Å²) < 4.78 is 61.6. The van der Waals surface area contributed by atoms with Crippen LogP contribution in [0.25, 0.3) is 0 Å². The molecule has 0 bridgehead atoms. The van der Waals surface area contributed by atoms with E-state index in [1.54, 1.807) is 0 Å². The molecule has 0 saturated carbocycles. The summed E-state index contributed by atoms with van der Waals surface area (Å²) in [6.07, 6.45) is 1.71. The first kappa shape index (κ1) is 11.7. The van der Waals surface area contributed by atoms with E-state index in [9.17, 15) is 21.6 Å². The summed E-state index contributed by atoms with van der Waals surface area (Å²) in [5, 5.41) is 3.07. The van der Waals surface area contributed by atoms with Crippen molar-refractivity contribution in [3.8, 4) is 0 Å². The Morgan fingerprint density at radius 1 is 1.38 bits per heavy atom. The van der Waals surface area contributed by atoms with Gasteiger partial charge in [-0.3, -0.25) is 0 Å². The van der Waals surface area contributed by atoms with Crippen LogP contribution in [0.5, 0.6) is 0 Å². The second kappa shape index (κ2) is 3.63. The Morgan fingerprint density at radius 3 is 2.62 bits per heavy atom. The number of halogens is 3. The first-order valence-electron chi connectivity index (χ1n) is 4.72. The van der Waals surface area contributed by atoms with Crippen molar-refractivity contribution in [3.63, 3.8) is 0 Å². The van der Waals surface area contributed by atoms with Crippen LogP contribution >= 0.6 is 0 Å². The molecule has 0 spiro atoms. The molecule has 1 aliphatic heterocycles. The lowest BCUT2D eigenvalue weighted by Crippen LogP contribution is -2.25. The number of nitrogens with one attached hydrogen (secondary N) is 1. The highest BCUT2D eigenvalue weighted by molar-refractivity contribution is 7.87. The first-order chi connectivity index (χ1) is 7.29. The molecule has 0 radical (unpaired) electrons. The summed E-state index contributed by atoms with van der Waals surface area (Å²) >= 11 is 0. The largest absolute Gasteiger partial charge is 0.534 e. The van der Waals surface area contributed by atoms with E-state index in [4.69, 9.17) is 0 Å². The van der Waals surface area contributed by atoms with Gasteiger partial charge < -0.3 is 9.50 Å². The van der Waals surface area contributed by atoms with Crippen LogP contribution in [0, 0.1) is 11.8 Å². The highest BCUT2D eigenvalue weighted by Crippen LogP contribution is 2.36. The Balaban J connectivity index is 2.07. The molecule has 1 heterocycles. The lowest BCUT2D eigenvalue weighted by atomic mass is 10.0. The summed E-state index contributed by atoms with van der Waals surface area (Å²) in [6, 6.07) is 0. The van der Waals surface area contributed by atoms with Crippen LogP contribution in [0.4, 0.5) is 13.2 Å². The van der Waals surface area contributed by atoms with Crippen LogP contribution in [-0.2, 0) is 14.3 Å². The molecule has 0 aromatic carbocycles. The molecule has 1 aliphatic carbocycles. The fourth-order valence-electron chi connectivity index (χ4n) is 1.99. The number of fused-ring (bicyclic) bond motifs is 1. The van der Waals surface area contributed by atoms with Crippen LogP contribution in [0.2, 0.25) is 0 Å². The minimum absolute atomic E-state index is 0.0819. The highest BCUT2D eigenvalue weighted by Gasteiger charge is 2.49. The number of allylic oxidation sites excluding steroid dienone is 1. The molecular weight excluding hydrogens is 247 g/mol. The molecular formula is C8H10F3NO3S. The van der Waals surface area contributed by atoms with Gasteiger partial charge in [0.15, 0.2) is 0 Å². The van der Waals surface area contributed by atoms with E-state index in [-0.39, 0.29) is 24.0 Å². The van der Waals surface area contributed by atoms with Crippen LogP contribution in [0.1, 0.15) is 6.42 Å². The summed E-state index contributed by atoms with van der Waals surface area (Å²) in [7, 11) is -5.50. The third-order valence-corrected chi connectivity index (χ3v) is 3.76. The van der Waals surface area contributed by atoms with E-state index >= 15 is 0 Å². The lowest BCUT2D eigenvalue weighted by Gasteiger charge is -2.10. The molecule has 8 heteroatoms. The predicted molar refractivity (Wildman–Crippen MR) is 48.6 cm³/mol. The van der Waals surface area contributed by atoms with Gasteiger partial charge in [0.1, 0.15) is 5.76 Å². The molecule has 1 saturated heterocycles. The van der Waals surface area contributed by atoms with E-state index in [1.807, 2.05) is 0 Å². The topological polar surface area (TPSA) is 55.4 Å². The third-order valence-electron chi connectivity index (χ3n) is 2.76. The molecule has 2 unspecified atom stereocenters. The highest BCUT2D eigenvalue weighted by atomic mass is 32.2. The summed E-state index contributed by atoms with van der Waals surface area (Å²) in [5.74, 6) is 0.144. The Morgan fingerprint density at radius 2 is 2.06 bits per heavy atom. The smallest absolute Gasteiger partial charge is 0.381 e. The molecule has 92 valence electrons. The quantitative estimate of drug-likeness (QED) is 0.591. The average molecular weight is 257 g/mol. The summed E-state index contributed by atoms with van der Waals surface area (Å²) in [4.78, 5) is 0. The Kier molecular flexibility index (Phi) is 2.66. The van der Waals surface area contributed by atoms with Crippen LogP contribution in [0.15, 0.2) is 11.8 Å². The molecule has 0 aromatic rings. The molecule has 2 aliphatic rings. The average Bonchev–Trinajstić information content (AvgIpc) is 2.59. The number of rotatable bonds is 2. The zero-order valence-electron chi connectivity index (χ0n) is 8.12. The lowest BCUT2D eigenvalue weighted by molar-refractivity contribution is -0.0523. The number of hydrogen-bond acceptors (Lipinski definition) is 4. The second-order valence-corrected chi connectivity index (χ2v) is 5.44. The van der Waals surface area contributed by atoms with Gasteiger partial charge in [-0.2, -0.15) is 21.6 Å². The van der Waals surface area contributed by atoms with Crippen LogP contribution < -0.4 is 5.32 Å². The first-order valence-corrected chi connectivity index (χ1v) is 6.12. The molecule has 1 fully saturated rings. The van der Waals surface area contributed by atoms with Crippen molar-refractivity contribution in [1.82, 2.24) is 5.32 Å². The molecule has 2 rings (SSSR count). The van der Waals surface area contributed by atoms with E-state index in [0.29, 0.717) is 13.1 Å². The van der Waals surface area contributed by atoms with Gasteiger partial charge in [0, 0.05) is 13.0 Å². The molecule has 16 heavy (non-hydrogen) atoms. The monoisotopic (exact) mass is 257 g/mol. The Hall–Kier alpha value is -0.760. The van der Waals surface area contributed by atoms with Crippen molar-refractivity contribution in [3.05, 3.63) is 11.8 Å². The zero-order chi connectivity index (χ0) is 12.0. The predicted octanol–water partition coefficient (Wildman–Crippen LogP) is 0.976. The zero-order valence-corrected chi connectivity index (χ0v) is 8.94. The number of alkyl halides is 3. The SMILES string of the molecule is O=S(=O)(OC1=CC2CNCC2C1)C(F)(F)F. The van der Waals surface area contributed by atoms with Crippen LogP contribution in [0.3, 0.4) is 0 Å². The van der Waals surface area contributed by atoms with E-state index < -0.39 is 15.6 Å². The van der Waals surface area contributed by atoms with Gasteiger partial charge in [0.2, 0.25) is 0 Å². The van der Waals surface area contributed by atoms with Gasteiger partial charge in [-0.15, -0.1) is 0 Å². The minimum atomic E-state index is -5.50. The Bertz CT molecular complexity index is 415. The molecule has 0 amide bonds. The van der Waals surface area contributed by atoms with Gasteiger partial charge in [-0.25, -0.2) is 0 Å². The van der Waals surface area contributed by atoms with Gasteiger partial charge in [0.25, 0.3) is 0 Å². The molecule has 4 nitrogen and oxygen atoms in total. The van der Waals surface area contributed by atoms with Crippen molar-refractivity contribution in [2.45, 2.75) is 11.9 Å². The van der Waals surface area contributed by atoms with Crippen molar-refractivity contribution in [2.24, 2.45) is 11.8 Å². The summed E-state index contributed by atoms with van der Waals surface area (Å²) in [5.41, 5.74) is -5.36. The van der Waals surface area contributed by atoms with E-state index in [0.717, 1.165) is 0 Å². The number of hydrogen-bond donors (Lipinski definition) is 1. The van der Waals surface area contributed by atoms with Crippen molar-refractivity contribution < 1.29 is 25.8 Å².